The van der Waals surface area contributed by atoms with Crippen molar-refractivity contribution < 1.29 is 0 Å². The van der Waals surface area contributed by atoms with Crippen molar-refractivity contribution in [3.63, 3.8) is 0 Å². The Labute approximate surface area is 121 Å². The highest BCUT2D eigenvalue weighted by atomic mass is 32.1. The highest BCUT2D eigenvalue weighted by Gasteiger charge is 2.17. The number of piperazine rings is 1. The molecule has 0 bridgehead atoms. The first-order valence-electron chi connectivity index (χ1n) is 6.95. The van der Waals surface area contributed by atoms with Gasteiger partial charge in [0, 0.05) is 31.9 Å². The lowest BCUT2D eigenvalue weighted by Crippen LogP contribution is -2.49. The molecule has 1 heterocycles. The molecule has 0 atom stereocenters. The third-order valence-corrected chi connectivity index (χ3v) is 4.09. The summed E-state index contributed by atoms with van der Waals surface area (Å²) in [5.74, 6) is 0. The van der Waals surface area contributed by atoms with Crippen LogP contribution in [0.15, 0.2) is 18.2 Å². The second-order valence-corrected chi connectivity index (χ2v) is 5.56. The summed E-state index contributed by atoms with van der Waals surface area (Å²) in [6.07, 6.45) is 0. The van der Waals surface area contributed by atoms with Crippen molar-refractivity contribution in [2.24, 2.45) is 0 Å². The van der Waals surface area contributed by atoms with Gasteiger partial charge in [-0.2, -0.15) is 0 Å². The van der Waals surface area contributed by atoms with Gasteiger partial charge in [-0.15, -0.1) is 0 Å². The predicted octanol–water partition coefficient (Wildman–Crippen LogP) is 2.64. The van der Waals surface area contributed by atoms with Crippen LogP contribution in [0.4, 0.5) is 5.69 Å². The molecular weight excluding hydrogens is 254 g/mol. The minimum Gasteiger partial charge on any atom is -0.346 e. The van der Waals surface area contributed by atoms with Crippen LogP contribution in [0.1, 0.15) is 18.1 Å². The molecule has 1 aliphatic heterocycles. The second kappa shape index (κ2) is 6.35. The van der Waals surface area contributed by atoms with E-state index in [4.69, 9.17) is 12.2 Å². The van der Waals surface area contributed by atoms with E-state index < -0.39 is 0 Å². The molecule has 1 aliphatic rings. The maximum absolute atomic E-state index is 5.52. The van der Waals surface area contributed by atoms with Crippen LogP contribution in [-0.2, 0) is 0 Å². The molecule has 0 spiro atoms. The molecular formula is C15H23N3S. The van der Waals surface area contributed by atoms with Gasteiger partial charge < -0.3 is 15.1 Å². The number of rotatable bonds is 2. The molecule has 2 rings (SSSR count). The molecule has 1 fully saturated rings. The van der Waals surface area contributed by atoms with Crippen LogP contribution < -0.4 is 5.32 Å². The third-order valence-electron chi connectivity index (χ3n) is 3.73. The highest BCUT2D eigenvalue weighted by Crippen LogP contribution is 2.17. The number of aryl methyl sites for hydroxylation is 2. The molecule has 4 heteroatoms. The zero-order valence-corrected chi connectivity index (χ0v) is 12.9. The Kier molecular flexibility index (Phi) is 4.77. The first kappa shape index (κ1) is 14.3. The molecule has 0 unspecified atom stereocenters. The van der Waals surface area contributed by atoms with Gasteiger partial charge in [0.05, 0.1) is 0 Å². The van der Waals surface area contributed by atoms with Crippen molar-refractivity contribution in [2.45, 2.75) is 20.8 Å². The van der Waals surface area contributed by atoms with E-state index in [-0.39, 0.29) is 0 Å². The number of anilines is 1. The Bertz CT molecular complexity index is 451. The van der Waals surface area contributed by atoms with Crippen molar-refractivity contribution in [3.05, 3.63) is 29.3 Å². The van der Waals surface area contributed by atoms with E-state index in [1.54, 1.807) is 0 Å². The molecule has 1 aromatic rings. The summed E-state index contributed by atoms with van der Waals surface area (Å²) in [5, 5.41) is 4.23. The molecule has 19 heavy (non-hydrogen) atoms. The van der Waals surface area contributed by atoms with Crippen LogP contribution in [0.5, 0.6) is 0 Å². The minimum atomic E-state index is 0.850. The number of likely N-dealkylation sites (N-methyl/N-ethyl adjacent to an activating group) is 1. The summed E-state index contributed by atoms with van der Waals surface area (Å²) in [4.78, 5) is 4.72. The quantitative estimate of drug-likeness (QED) is 0.837. The fourth-order valence-electron chi connectivity index (χ4n) is 2.42. The lowest BCUT2D eigenvalue weighted by molar-refractivity contribution is 0.191. The number of hydrogen-bond acceptors (Lipinski definition) is 2. The number of benzene rings is 1. The maximum Gasteiger partial charge on any atom is 0.173 e. The van der Waals surface area contributed by atoms with Crippen LogP contribution in [0.25, 0.3) is 0 Å². The summed E-state index contributed by atoms with van der Waals surface area (Å²) < 4.78 is 0. The number of nitrogens with zero attached hydrogens (tertiary/aromatic N) is 2. The van der Waals surface area contributed by atoms with Gasteiger partial charge in [0.2, 0.25) is 0 Å². The van der Waals surface area contributed by atoms with Crippen molar-refractivity contribution >= 4 is 23.0 Å². The number of hydrogen-bond donors (Lipinski definition) is 1. The molecule has 1 N–H and O–H groups in total. The molecule has 1 saturated heterocycles. The first-order chi connectivity index (χ1) is 9.10. The average Bonchev–Trinajstić information content (AvgIpc) is 2.42. The Balaban J connectivity index is 1.94. The van der Waals surface area contributed by atoms with Crippen LogP contribution in [-0.4, -0.2) is 47.6 Å². The van der Waals surface area contributed by atoms with Crippen LogP contribution in [0, 0.1) is 13.8 Å². The zero-order valence-electron chi connectivity index (χ0n) is 12.1. The van der Waals surface area contributed by atoms with E-state index in [0.29, 0.717) is 0 Å². The Morgan fingerprint density at radius 2 is 1.89 bits per heavy atom. The number of nitrogens with one attached hydrogen (secondary N) is 1. The van der Waals surface area contributed by atoms with Crippen molar-refractivity contribution in [3.8, 4) is 0 Å². The van der Waals surface area contributed by atoms with Crippen molar-refractivity contribution in [2.75, 3.05) is 38.0 Å². The SMILES string of the molecule is CCN1CCN(C(=S)Nc2ccc(C)cc2C)CC1. The van der Waals surface area contributed by atoms with E-state index in [9.17, 15) is 0 Å². The van der Waals surface area contributed by atoms with E-state index in [0.717, 1.165) is 43.5 Å². The topological polar surface area (TPSA) is 18.5 Å². The summed E-state index contributed by atoms with van der Waals surface area (Å²) in [6.45, 7) is 11.8. The van der Waals surface area contributed by atoms with Gasteiger partial charge in [0.1, 0.15) is 0 Å². The van der Waals surface area contributed by atoms with E-state index >= 15 is 0 Å². The van der Waals surface area contributed by atoms with Gasteiger partial charge in [0.25, 0.3) is 0 Å². The van der Waals surface area contributed by atoms with Gasteiger partial charge >= 0.3 is 0 Å². The second-order valence-electron chi connectivity index (χ2n) is 5.17. The molecule has 0 aromatic heterocycles. The van der Waals surface area contributed by atoms with Gasteiger partial charge in [0.15, 0.2) is 5.11 Å². The minimum absolute atomic E-state index is 0.850. The summed E-state index contributed by atoms with van der Waals surface area (Å²) in [6, 6.07) is 6.41. The lowest BCUT2D eigenvalue weighted by Gasteiger charge is -2.35. The Morgan fingerprint density at radius 1 is 1.21 bits per heavy atom. The van der Waals surface area contributed by atoms with E-state index in [1.165, 1.54) is 11.1 Å². The smallest absolute Gasteiger partial charge is 0.173 e. The standard InChI is InChI=1S/C15H23N3S/c1-4-17-7-9-18(10-8-17)15(19)16-14-6-5-12(2)11-13(14)3/h5-6,11H,4,7-10H2,1-3H3,(H,16,19). The molecule has 104 valence electrons. The monoisotopic (exact) mass is 277 g/mol. The Morgan fingerprint density at radius 3 is 2.47 bits per heavy atom. The Hall–Kier alpha value is -1.13. The number of thiocarbonyl (C=S) groups is 1. The highest BCUT2D eigenvalue weighted by molar-refractivity contribution is 7.80. The fourth-order valence-corrected chi connectivity index (χ4v) is 2.71. The van der Waals surface area contributed by atoms with E-state index in [2.05, 4.69) is 54.1 Å². The van der Waals surface area contributed by atoms with Crippen LogP contribution in [0.3, 0.4) is 0 Å². The predicted molar refractivity (Wildman–Crippen MR) is 85.8 cm³/mol. The van der Waals surface area contributed by atoms with Gasteiger partial charge in [-0.1, -0.05) is 24.6 Å². The molecule has 0 saturated carbocycles. The summed E-state index contributed by atoms with van der Waals surface area (Å²) in [7, 11) is 0. The van der Waals surface area contributed by atoms with Gasteiger partial charge in [-0.25, -0.2) is 0 Å². The molecule has 0 amide bonds. The summed E-state index contributed by atoms with van der Waals surface area (Å²) in [5.41, 5.74) is 3.65. The summed E-state index contributed by atoms with van der Waals surface area (Å²) >= 11 is 5.52. The normalized spacial score (nSPS) is 16.5. The van der Waals surface area contributed by atoms with E-state index in [1.807, 2.05) is 0 Å². The van der Waals surface area contributed by atoms with Crippen molar-refractivity contribution in [1.29, 1.82) is 0 Å². The largest absolute Gasteiger partial charge is 0.346 e. The van der Waals surface area contributed by atoms with Gasteiger partial charge in [-0.3, -0.25) is 0 Å². The lowest BCUT2D eigenvalue weighted by atomic mass is 10.1. The molecule has 0 aliphatic carbocycles. The van der Waals surface area contributed by atoms with Gasteiger partial charge in [-0.05, 0) is 44.2 Å². The fraction of sp³-hybridized carbons (Fsp3) is 0.533. The average molecular weight is 277 g/mol. The van der Waals surface area contributed by atoms with Crippen LogP contribution >= 0.6 is 12.2 Å². The van der Waals surface area contributed by atoms with Crippen LogP contribution in [0.2, 0.25) is 0 Å². The molecule has 1 aromatic carbocycles. The van der Waals surface area contributed by atoms with Crippen molar-refractivity contribution in [1.82, 2.24) is 9.80 Å². The molecule has 3 nitrogen and oxygen atoms in total. The first-order valence-corrected chi connectivity index (χ1v) is 7.36. The zero-order chi connectivity index (χ0) is 13.8. The third kappa shape index (κ3) is 3.67. The maximum atomic E-state index is 5.52. The molecule has 0 radical (unpaired) electrons.